The summed E-state index contributed by atoms with van der Waals surface area (Å²) in [7, 11) is 0. The Kier molecular flexibility index (Phi) is 3.78. The molecule has 1 aliphatic heterocycles. The normalized spacial score (nSPS) is 22.4. The largest absolute Gasteiger partial charge is 0.461 e. The van der Waals surface area contributed by atoms with Crippen molar-refractivity contribution in [1.29, 1.82) is 0 Å². The smallest absolute Gasteiger partial charge is 0.408 e. The number of carbonyl (C=O) groups excluding carboxylic acids is 2. The van der Waals surface area contributed by atoms with Crippen LogP contribution in [0.25, 0.3) is 0 Å². The van der Waals surface area contributed by atoms with E-state index in [4.69, 9.17) is 4.74 Å². The van der Waals surface area contributed by atoms with Gasteiger partial charge >= 0.3 is 12.1 Å². The lowest BCUT2D eigenvalue weighted by molar-refractivity contribution is -0.139. The molecule has 0 aliphatic carbocycles. The summed E-state index contributed by atoms with van der Waals surface area (Å²) >= 11 is 0. The van der Waals surface area contributed by atoms with Crippen molar-refractivity contribution in [1.82, 2.24) is 5.32 Å². The zero-order valence-corrected chi connectivity index (χ0v) is 9.54. The van der Waals surface area contributed by atoms with Crippen LogP contribution in [-0.4, -0.2) is 35.9 Å². The number of alkyl carbamates (subject to hydrolysis) is 1. The van der Waals surface area contributed by atoms with Gasteiger partial charge in [-0.25, -0.2) is 9.59 Å². The van der Waals surface area contributed by atoms with Gasteiger partial charge in [-0.15, -0.1) is 0 Å². The molecule has 18 heavy (non-hydrogen) atoms. The summed E-state index contributed by atoms with van der Waals surface area (Å²) < 4.78 is 9.50. The molecule has 1 aromatic carbocycles. The third-order valence-electron chi connectivity index (χ3n) is 2.52. The lowest BCUT2D eigenvalue weighted by atomic mass is 10.2. The maximum atomic E-state index is 11.4. The summed E-state index contributed by atoms with van der Waals surface area (Å²) in [4.78, 5) is 22.6. The Balaban J connectivity index is 1.80. The number of aliphatic hydroxyl groups is 1. The Morgan fingerprint density at radius 3 is 2.78 bits per heavy atom. The number of hydrogen-bond donors (Lipinski definition) is 2. The summed E-state index contributed by atoms with van der Waals surface area (Å²) in [6.07, 6.45) is -1.79. The third-order valence-corrected chi connectivity index (χ3v) is 2.52. The first kappa shape index (κ1) is 12.4. The van der Waals surface area contributed by atoms with E-state index in [-0.39, 0.29) is 13.2 Å². The number of ether oxygens (including phenoxy) is 2. The molecule has 1 aromatic rings. The molecule has 0 saturated carbocycles. The fraction of sp³-hybridized carbons (Fsp3) is 0.333. The molecule has 1 aliphatic rings. The lowest BCUT2D eigenvalue weighted by Crippen LogP contribution is -2.45. The molecule has 1 heterocycles. The highest BCUT2D eigenvalue weighted by Gasteiger charge is 2.37. The molecule has 96 valence electrons. The average molecular weight is 251 g/mol. The standard InChI is InChI=1S/C12H13NO5/c14-9-7-17-11(15)10(9)13-12(16)18-6-8-4-2-1-3-5-8/h1-5,9-10,14H,6-7H2,(H,13,16)/t9-,10-/m1/s1. The van der Waals surface area contributed by atoms with E-state index in [1.54, 1.807) is 0 Å². The van der Waals surface area contributed by atoms with Crippen molar-refractivity contribution < 1.29 is 24.2 Å². The second-order valence-corrected chi connectivity index (χ2v) is 3.88. The van der Waals surface area contributed by atoms with E-state index in [2.05, 4.69) is 10.1 Å². The highest BCUT2D eigenvalue weighted by atomic mass is 16.6. The fourth-order valence-corrected chi connectivity index (χ4v) is 1.56. The minimum Gasteiger partial charge on any atom is -0.461 e. The Bertz CT molecular complexity index is 433. The number of nitrogens with one attached hydrogen (secondary N) is 1. The summed E-state index contributed by atoms with van der Waals surface area (Å²) in [6.45, 7) is -0.00694. The van der Waals surface area contributed by atoms with Crippen molar-refractivity contribution >= 4 is 12.1 Å². The highest BCUT2D eigenvalue weighted by Crippen LogP contribution is 2.08. The molecule has 0 bridgehead atoms. The first-order valence-corrected chi connectivity index (χ1v) is 5.49. The fourth-order valence-electron chi connectivity index (χ4n) is 1.56. The third kappa shape index (κ3) is 2.98. The molecule has 2 N–H and O–H groups in total. The van der Waals surface area contributed by atoms with Crippen LogP contribution in [0.15, 0.2) is 30.3 Å². The monoisotopic (exact) mass is 251 g/mol. The predicted molar refractivity (Wildman–Crippen MR) is 60.5 cm³/mol. The number of hydrogen-bond acceptors (Lipinski definition) is 5. The zero-order chi connectivity index (χ0) is 13.0. The summed E-state index contributed by atoms with van der Waals surface area (Å²) in [6, 6.07) is 8.09. The molecule has 0 spiro atoms. The van der Waals surface area contributed by atoms with Gasteiger partial charge in [0.25, 0.3) is 0 Å². The van der Waals surface area contributed by atoms with Crippen molar-refractivity contribution in [3.8, 4) is 0 Å². The number of carbonyl (C=O) groups is 2. The number of rotatable bonds is 3. The summed E-state index contributed by atoms with van der Waals surface area (Å²) in [5, 5.41) is 11.6. The molecule has 1 amide bonds. The maximum absolute atomic E-state index is 11.4. The van der Waals surface area contributed by atoms with Crippen molar-refractivity contribution in [2.45, 2.75) is 18.8 Å². The molecule has 0 aromatic heterocycles. The Morgan fingerprint density at radius 1 is 1.44 bits per heavy atom. The Morgan fingerprint density at radius 2 is 2.17 bits per heavy atom. The SMILES string of the molecule is O=C(N[C@H]1C(=O)OC[C@H]1O)OCc1ccccc1. The Labute approximate surface area is 104 Å². The quantitative estimate of drug-likeness (QED) is 0.749. The second kappa shape index (κ2) is 5.50. The molecule has 2 atom stereocenters. The van der Waals surface area contributed by atoms with Crippen molar-refractivity contribution in [2.24, 2.45) is 0 Å². The number of esters is 1. The number of cyclic esters (lactones) is 1. The van der Waals surface area contributed by atoms with Gasteiger partial charge in [0.2, 0.25) is 0 Å². The molecule has 2 rings (SSSR count). The van der Waals surface area contributed by atoms with Crippen LogP contribution in [0, 0.1) is 0 Å². The van der Waals surface area contributed by atoms with Crippen LogP contribution in [0.2, 0.25) is 0 Å². The van der Waals surface area contributed by atoms with Crippen molar-refractivity contribution in [2.75, 3.05) is 6.61 Å². The van der Waals surface area contributed by atoms with E-state index in [9.17, 15) is 14.7 Å². The minimum absolute atomic E-state index is 0.102. The van der Waals surface area contributed by atoms with Gasteiger partial charge < -0.3 is 19.9 Å². The van der Waals surface area contributed by atoms with Gasteiger partial charge in [0.1, 0.15) is 19.3 Å². The number of amides is 1. The highest BCUT2D eigenvalue weighted by molar-refractivity contribution is 5.83. The summed E-state index contributed by atoms with van der Waals surface area (Å²) in [5.41, 5.74) is 0.835. The van der Waals surface area contributed by atoms with Crippen LogP contribution in [0.5, 0.6) is 0 Å². The lowest BCUT2D eigenvalue weighted by Gasteiger charge is -2.12. The van der Waals surface area contributed by atoms with Gasteiger partial charge in [-0.05, 0) is 5.56 Å². The van der Waals surface area contributed by atoms with Crippen LogP contribution < -0.4 is 5.32 Å². The van der Waals surface area contributed by atoms with Gasteiger partial charge in [0.05, 0.1) is 0 Å². The molecule has 6 nitrogen and oxygen atoms in total. The van der Waals surface area contributed by atoms with Crippen LogP contribution >= 0.6 is 0 Å². The topological polar surface area (TPSA) is 84.9 Å². The van der Waals surface area contributed by atoms with E-state index in [0.717, 1.165) is 5.56 Å². The van der Waals surface area contributed by atoms with Gasteiger partial charge in [-0.1, -0.05) is 30.3 Å². The maximum Gasteiger partial charge on any atom is 0.408 e. The molecule has 6 heteroatoms. The predicted octanol–water partition coefficient (Wildman–Crippen LogP) is 0.199. The first-order valence-electron chi connectivity index (χ1n) is 5.49. The van der Waals surface area contributed by atoms with E-state index >= 15 is 0 Å². The molecular formula is C12H13NO5. The zero-order valence-electron chi connectivity index (χ0n) is 9.54. The molecule has 0 radical (unpaired) electrons. The first-order chi connectivity index (χ1) is 8.66. The number of benzene rings is 1. The van der Waals surface area contributed by atoms with Crippen molar-refractivity contribution in [3.05, 3.63) is 35.9 Å². The molecule has 1 saturated heterocycles. The van der Waals surface area contributed by atoms with Crippen LogP contribution in [0.3, 0.4) is 0 Å². The molecule has 0 unspecified atom stereocenters. The van der Waals surface area contributed by atoms with E-state index in [1.807, 2.05) is 30.3 Å². The van der Waals surface area contributed by atoms with Crippen molar-refractivity contribution in [3.63, 3.8) is 0 Å². The van der Waals surface area contributed by atoms with Gasteiger partial charge in [0, 0.05) is 0 Å². The van der Waals surface area contributed by atoms with Gasteiger partial charge in [-0.2, -0.15) is 0 Å². The van der Waals surface area contributed by atoms with E-state index in [1.165, 1.54) is 0 Å². The summed E-state index contributed by atoms with van der Waals surface area (Å²) in [5.74, 6) is -0.654. The second-order valence-electron chi connectivity index (χ2n) is 3.88. The molecular weight excluding hydrogens is 238 g/mol. The van der Waals surface area contributed by atoms with Crippen LogP contribution in [0.4, 0.5) is 4.79 Å². The van der Waals surface area contributed by atoms with E-state index in [0.29, 0.717) is 0 Å². The minimum atomic E-state index is -1.05. The van der Waals surface area contributed by atoms with Crippen LogP contribution in [0.1, 0.15) is 5.56 Å². The Hall–Kier alpha value is -2.08. The van der Waals surface area contributed by atoms with E-state index < -0.39 is 24.2 Å². The van der Waals surface area contributed by atoms with Gasteiger partial charge in [-0.3, -0.25) is 0 Å². The molecule has 1 fully saturated rings. The van der Waals surface area contributed by atoms with Gasteiger partial charge in [0.15, 0.2) is 6.04 Å². The number of aliphatic hydroxyl groups excluding tert-OH is 1. The average Bonchev–Trinajstić information content (AvgIpc) is 2.69. The van der Waals surface area contributed by atoms with Crippen LogP contribution in [-0.2, 0) is 20.9 Å².